The number of benzene rings is 2. The lowest BCUT2D eigenvalue weighted by Gasteiger charge is -2.49. The number of hydrogen-bond acceptors (Lipinski definition) is 9. The van der Waals surface area contributed by atoms with E-state index < -0.39 is 54.9 Å². The van der Waals surface area contributed by atoms with E-state index in [1.807, 2.05) is 12.1 Å². The molecular weight excluding hydrogens is 498 g/mol. The highest BCUT2D eigenvalue weighted by Crippen LogP contribution is 2.39. The number of nitrogens with one attached hydrogen (secondary N) is 1. The molecule has 7 unspecified atom stereocenters. The van der Waals surface area contributed by atoms with E-state index in [1.165, 1.54) is 27.9 Å². The molecule has 0 spiro atoms. The van der Waals surface area contributed by atoms with E-state index in [-0.39, 0.29) is 18.1 Å². The van der Waals surface area contributed by atoms with Crippen molar-refractivity contribution in [3.63, 3.8) is 0 Å². The number of amides is 1. The van der Waals surface area contributed by atoms with Gasteiger partial charge in [-0.3, -0.25) is 9.59 Å². The van der Waals surface area contributed by atoms with Gasteiger partial charge in [-0.1, -0.05) is 30.3 Å². The van der Waals surface area contributed by atoms with Crippen molar-refractivity contribution in [1.82, 2.24) is 5.32 Å². The Labute approximate surface area is 219 Å². The van der Waals surface area contributed by atoms with Crippen LogP contribution >= 0.6 is 0 Å². The minimum Gasteiger partial charge on any atom is -0.496 e. The Bertz CT molecular complexity index is 1170. The molecule has 2 N–H and O–H groups in total. The standard InChI is InChI=1S/C27H31NO10/c1-14(29)17-9-5-8-12-20(17)36-27-22(28-16(3)30)24(35-15(2)25(31)32)23-21(37-27)13-34-26(38-23)18-10-6-7-11-19(18)33-4/h5-12,15,21-24,26-27H,13H2,1-4H3,(H,28,30)(H,31,32). The zero-order valence-corrected chi connectivity index (χ0v) is 21.5. The molecule has 204 valence electrons. The smallest absolute Gasteiger partial charge is 0.332 e. The molecule has 4 rings (SSSR count). The predicted molar refractivity (Wildman–Crippen MR) is 132 cm³/mol. The lowest BCUT2D eigenvalue weighted by Crippen LogP contribution is -2.68. The van der Waals surface area contributed by atoms with Crippen LogP contribution in [0, 0.1) is 0 Å². The van der Waals surface area contributed by atoms with Gasteiger partial charge in [-0.25, -0.2) is 4.79 Å². The molecule has 2 heterocycles. The summed E-state index contributed by atoms with van der Waals surface area (Å²) in [6.07, 6.45) is -5.86. The van der Waals surface area contributed by atoms with Crippen molar-refractivity contribution >= 4 is 17.7 Å². The first-order valence-corrected chi connectivity index (χ1v) is 12.2. The van der Waals surface area contributed by atoms with E-state index in [1.54, 1.807) is 36.4 Å². The molecule has 0 aliphatic carbocycles. The number of para-hydroxylation sites is 2. The van der Waals surface area contributed by atoms with Crippen LogP contribution < -0.4 is 14.8 Å². The number of methoxy groups -OCH3 is 1. The lowest BCUT2D eigenvalue weighted by molar-refractivity contribution is -0.340. The zero-order valence-electron chi connectivity index (χ0n) is 21.5. The Morgan fingerprint density at radius 1 is 1.03 bits per heavy atom. The average Bonchev–Trinajstić information content (AvgIpc) is 2.90. The van der Waals surface area contributed by atoms with Gasteiger partial charge in [0.2, 0.25) is 12.2 Å². The van der Waals surface area contributed by atoms with Crippen LogP contribution in [-0.2, 0) is 28.5 Å². The largest absolute Gasteiger partial charge is 0.496 e. The molecule has 11 nitrogen and oxygen atoms in total. The van der Waals surface area contributed by atoms with Crippen molar-refractivity contribution in [3.8, 4) is 11.5 Å². The SMILES string of the molecule is COc1ccccc1C1OCC2OC(Oc3ccccc3C(C)=O)C(NC(C)=O)C(OC(C)C(=O)O)C2O1. The number of ketones is 1. The highest BCUT2D eigenvalue weighted by atomic mass is 16.8. The van der Waals surface area contributed by atoms with Gasteiger partial charge >= 0.3 is 5.97 Å². The van der Waals surface area contributed by atoms with Gasteiger partial charge in [0.15, 0.2) is 18.2 Å². The van der Waals surface area contributed by atoms with Gasteiger partial charge in [-0.05, 0) is 32.0 Å². The Kier molecular flexibility index (Phi) is 8.62. The third-order valence-electron chi connectivity index (χ3n) is 6.32. The van der Waals surface area contributed by atoms with Crippen LogP contribution in [-0.4, -0.2) is 73.2 Å². The third kappa shape index (κ3) is 5.97. The molecule has 38 heavy (non-hydrogen) atoms. The molecule has 2 saturated heterocycles. The minimum atomic E-state index is -1.24. The molecule has 0 bridgehead atoms. The molecule has 11 heteroatoms. The van der Waals surface area contributed by atoms with Gasteiger partial charge in [0.1, 0.15) is 35.9 Å². The summed E-state index contributed by atoms with van der Waals surface area (Å²) in [4.78, 5) is 36.2. The number of carbonyl (C=O) groups is 3. The summed E-state index contributed by atoms with van der Waals surface area (Å²) >= 11 is 0. The number of rotatable bonds is 9. The zero-order chi connectivity index (χ0) is 27.4. The van der Waals surface area contributed by atoms with Gasteiger partial charge in [0.05, 0.1) is 19.3 Å². The Balaban J connectivity index is 1.69. The topological polar surface area (TPSA) is 139 Å². The second kappa shape index (κ2) is 11.9. The Morgan fingerprint density at radius 3 is 2.37 bits per heavy atom. The Hall–Kier alpha value is -3.51. The molecule has 2 aliphatic heterocycles. The number of aliphatic carboxylic acids is 1. The fraction of sp³-hybridized carbons (Fsp3) is 0.444. The van der Waals surface area contributed by atoms with E-state index in [4.69, 9.17) is 28.4 Å². The summed E-state index contributed by atoms with van der Waals surface area (Å²) in [6, 6.07) is 12.8. The maximum atomic E-state index is 12.2. The van der Waals surface area contributed by atoms with Crippen molar-refractivity contribution in [3.05, 3.63) is 59.7 Å². The molecule has 0 aromatic heterocycles. The van der Waals surface area contributed by atoms with Gasteiger partial charge in [-0.2, -0.15) is 0 Å². The fourth-order valence-electron chi connectivity index (χ4n) is 4.52. The molecule has 0 saturated carbocycles. The number of hydrogen-bond donors (Lipinski definition) is 2. The maximum Gasteiger partial charge on any atom is 0.332 e. The van der Waals surface area contributed by atoms with Crippen LogP contribution in [0.5, 0.6) is 11.5 Å². The maximum absolute atomic E-state index is 12.2. The molecule has 1 amide bonds. The number of Topliss-reactive ketones (excluding diaryl/α,β-unsaturated/α-hetero) is 1. The minimum absolute atomic E-state index is 0.0513. The summed E-state index contributed by atoms with van der Waals surface area (Å²) in [6.45, 7) is 4.16. The lowest BCUT2D eigenvalue weighted by atomic mass is 9.94. The molecular formula is C27H31NO10. The van der Waals surface area contributed by atoms with Crippen molar-refractivity contribution in [2.75, 3.05) is 13.7 Å². The predicted octanol–water partition coefficient (Wildman–Crippen LogP) is 2.48. The molecule has 0 radical (unpaired) electrons. The second-order valence-electron chi connectivity index (χ2n) is 9.03. The first kappa shape index (κ1) is 27.5. The van der Waals surface area contributed by atoms with Crippen LogP contribution in [0.3, 0.4) is 0 Å². The quantitative estimate of drug-likeness (QED) is 0.466. The van der Waals surface area contributed by atoms with Crippen LogP contribution in [0.25, 0.3) is 0 Å². The average molecular weight is 530 g/mol. The van der Waals surface area contributed by atoms with Crippen molar-refractivity contribution in [1.29, 1.82) is 0 Å². The van der Waals surface area contributed by atoms with E-state index in [0.717, 1.165) is 0 Å². The second-order valence-corrected chi connectivity index (χ2v) is 9.03. The summed E-state index contributed by atoms with van der Waals surface area (Å²) in [5, 5.41) is 12.3. The highest BCUT2D eigenvalue weighted by molar-refractivity contribution is 5.96. The number of carbonyl (C=O) groups excluding carboxylic acids is 2. The number of carboxylic acids is 1. The first-order chi connectivity index (χ1) is 18.2. The van der Waals surface area contributed by atoms with Gasteiger partial charge in [-0.15, -0.1) is 0 Å². The monoisotopic (exact) mass is 529 g/mol. The highest BCUT2D eigenvalue weighted by Gasteiger charge is 2.53. The van der Waals surface area contributed by atoms with E-state index in [9.17, 15) is 19.5 Å². The molecule has 2 aromatic carbocycles. The number of ether oxygens (including phenoxy) is 6. The fourth-order valence-corrected chi connectivity index (χ4v) is 4.52. The van der Waals surface area contributed by atoms with Crippen molar-refractivity contribution in [2.24, 2.45) is 0 Å². The van der Waals surface area contributed by atoms with Gasteiger partial charge in [0.25, 0.3) is 0 Å². The van der Waals surface area contributed by atoms with Crippen molar-refractivity contribution < 1.29 is 47.9 Å². The van der Waals surface area contributed by atoms with Crippen molar-refractivity contribution in [2.45, 2.75) is 63.8 Å². The third-order valence-corrected chi connectivity index (χ3v) is 6.32. The van der Waals surface area contributed by atoms with Crippen LogP contribution in [0.15, 0.2) is 48.5 Å². The van der Waals surface area contributed by atoms with E-state index in [0.29, 0.717) is 16.9 Å². The van der Waals surface area contributed by atoms with E-state index >= 15 is 0 Å². The van der Waals surface area contributed by atoms with Gasteiger partial charge < -0.3 is 38.8 Å². The normalized spacial score (nSPS) is 27.5. The van der Waals surface area contributed by atoms with Gasteiger partial charge in [0, 0.05) is 12.5 Å². The van der Waals surface area contributed by atoms with E-state index in [2.05, 4.69) is 5.32 Å². The van der Waals surface area contributed by atoms with Crippen LogP contribution in [0.1, 0.15) is 43.0 Å². The number of fused-ring (bicyclic) bond motifs is 1. The summed E-state index contributed by atoms with van der Waals surface area (Å²) in [5.41, 5.74) is 0.951. The summed E-state index contributed by atoms with van der Waals surface area (Å²) in [7, 11) is 1.53. The molecule has 2 aromatic rings. The first-order valence-electron chi connectivity index (χ1n) is 12.2. The summed E-state index contributed by atoms with van der Waals surface area (Å²) < 4.78 is 36.0. The molecule has 7 atom stereocenters. The van der Waals surface area contributed by atoms with Crippen LogP contribution in [0.2, 0.25) is 0 Å². The molecule has 2 aliphatic rings. The summed E-state index contributed by atoms with van der Waals surface area (Å²) in [5.74, 6) is -1.04. The molecule has 2 fully saturated rings. The number of carboxylic acid groups (broad SMARTS) is 1. The Morgan fingerprint density at radius 2 is 1.71 bits per heavy atom. The van der Waals surface area contributed by atoms with Crippen LogP contribution in [0.4, 0.5) is 0 Å².